The Labute approximate surface area is 223 Å². The maximum absolute atomic E-state index is 14.8. The molecule has 0 bridgehead atoms. The third-order valence-electron chi connectivity index (χ3n) is 8.39. The molecule has 2 aliphatic rings. The van der Waals surface area contributed by atoms with Gasteiger partial charge in [0.1, 0.15) is 11.6 Å². The minimum Gasteiger partial charge on any atom is -0.370 e. The number of halogens is 2. The van der Waals surface area contributed by atoms with Crippen molar-refractivity contribution in [2.75, 3.05) is 13.1 Å². The van der Waals surface area contributed by atoms with Gasteiger partial charge in [0.25, 0.3) is 0 Å². The van der Waals surface area contributed by atoms with Crippen LogP contribution in [-0.2, 0) is 12.8 Å². The lowest BCUT2D eigenvalue weighted by Gasteiger charge is -2.60. The largest absolute Gasteiger partial charge is 0.370 e. The molecule has 194 valence electrons. The quantitative estimate of drug-likeness (QED) is 0.259. The van der Waals surface area contributed by atoms with Crippen molar-refractivity contribution in [3.8, 4) is 5.69 Å². The van der Waals surface area contributed by atoms with E-state index in [2.05, 4.69) is 53.4 Å². The summed E-state index contributed by atoms with van der Waals surface area (Å²) in [5.74, 6) is -0.572. The summed E-state index contributed by atoms with van der Waals surface area (Å²) in [6, 6.07) is 23.2. The van der Waals surface area contributed by atoms with Gasteiger partial charge in [-0.05, 0) is 74.4 Å². The highest BCUT2D eigenvalue weighted by atomic mass is 19.1. The van der Waals surface area contributed by atoms with E-state index >= 15 is 0 Å². The second kappa shape index (κ2) is 9.54. The van der Waals surface area contributed by atoms with E-state index in [1.165, 1.54) is 11.3 Å². The van der Waals surface area contributed by atoms with Gasteiger partial charge in [0.2, 0.25) is 0 Å². The van der Waals surface area contributed by atoms with Gasteiger partial charge in [0, 0.05) is 47.4 Å². The third kappa shape index (κ3) is 4.44. The van der Waals surface area contributed by atoms with E-state index in [1.807, 2.05) is 37.3 Å². The molecule has 1 spiro atoms. The molecule has 5 heteroatoms. The zero-order valence-corrected chi connectivity index (χ0v) is 22.1. The Kier molecular flexibility index (Phi) is 6.17. The number of para-hydroxylation sites is 1. The molecule has 2 fully saturated rings. The smallest absolute Gasteiger partial charge is 0.135 e. The lowest BCUT2D eigenvalue weighted by Crippen LogP contribution is -2.60. The second-order valence-corrected chi connectivity index (χ2v) is 11.2. The number of aryl methyl sites for hydroxylation is 4. The standard InChI is InChI=1S/C33H33F2N3/c1-22-9-7-8-12-31(22)38-32(15-23(2)36-38)27-18-33(19-27)20-37(21-33)24(3)28-16-26(29(34)17-30(28)35)14-13-25-10-5-4-6-11-25/h4-12,15-17,27H,3,13-14,18-21H2,1-2H3. The number of hydrogen-bond donors (Lipinski definition) is 0. The van der Waals surface area contributed by atoms with Crippen molar-refractivity contribution in [3.05, 3.63) is 125 Å². The molecule has 1 saturated carbocycles. The molecule has 0 amide bonds. The topological polar surface area (TPSA) is 21.1 Å². The fourth-order valence-electron chi connectivity index (χ4n) is 6.31. The van der Waals surface area contributed by atoms with E-state index in [0.29, 0.717) is 35.6 Å². The fourth-order valence-corrected chi connectivity index (χ4v) is 6.31. The number of benzene rings is 3. The highest BCUT2D eigenvalue weighted by Crippen LogP contribution is 2.57. The fraction of sp³-hybridized carbons (Fsp3) is 0.303. The minimum absolute atomic E-state index is 0.231. The molecule has 1 aromatic heterocycles. The molecule has 1 saturated heterocycles. The number of likely N-dealkylation sites (tertiary alicyclic amines) is 1. The number of aromatic nitrogens is 2. The molecule has 6 rings (SSSR count). The first-order chi connectivity index (χ1) is 18.3. The Morgan fingerprint density at radius 2 is 1.63 bits per heavy atom. The zero-order chi connectivity index (χ0) is 26.4. The molecule has 0 unspecified atom stereocenters. The summed E-state index contributed by atoms with van der Waals surface area (Å²) in [6.07, 6.45) is 3.40. The van der Waals surface area contributed by atoms with Crippen molar-refractivity contribution in [1.29, 1.82) is 0 Å². The molecule has 3 nitrogen and oxygen atoms in total. The predicted molar refractivity (Wildman–Crippen MR) is 148 cm³/mol. The van der Waals surface area contributed by atoms with Crippen molar-refractivity contribution >= 4 is 5.70 Å². The van der Waals surface area contributed by atoms with E-state index in [0.717, 1.165) is 48.9 Å². The van der Waals surface area contributed by atoms with Crippen molar-refractivity contribution in [1.82, 2.24) is 14.7 Å². The maximum Gasteiger partial charge on any atom is 0.135 e. The molecule has 2 heterocycles. The van der Waals surface area contributed by atoms with Gasteiger partial charge < -0.3 is 4.90 Å². The van der Waals surface area contributed by atoms with Gasteiger partial charge >= 0.3 is 0 Å². The van der Waals surface area contributed by atoms with Crippen LogP contribution in [0.15, 0.2) is 79.4 Å². The molecule has 38 heavy (non-hydrogen) atoms. The molecular weight excluding hydrogens is 476 g/mol. The van der Waals surface area contributed by atoms with Gasteiger partial charge in [-0.2, -0.15) is 5.10 Å². The number of hydrogen-bond acceptors (Lipinski definition) is 2. The van der Waals surface area contributed by atoms with Crippen LogP contribution in [0.5, 0.6) is 0 Å². The first kappa shape index (κ1) is 24.6. The molecular formula is C33H33F2N3. The minimum atomic E-state index is -0.541. The Morgan fingerprint density at radius 3 is 2.37 bits per heavy atom. The normalized spacial score (nSPS) is 16.4. The van der Waals surface area contributed by atoms with Crippen LogP contribution < -0.4 is 0 Å². The Balaban J connectivity index is 1.12. The van der Waals surface area contributed by atoms with Crippen LogP contribution in [0.4, 0.5) is 8.78 Å². The van der Waals surface area contributed by atoms with Crippen molar-refractivity contribution in [2.24, 2.45) is 5.41 Å². The van der Waals surface area contributed by atoms with Gasteiger partial charge in [-0.25, -0.2) is 13.5 Å². The van der Waals surface area contributed by atoms with E-state index < -0.39 is 11.6 Å². The Morgan fingerprint density at radius 1 is 0.921 bits per heavy atom. The van der Waals surface area contributed by atoms with E-state index in [-0.39, 0.29) is 5.41 Å². The predicted octanol–water partition coefficient (Wildman–Crippen LogP) is 7.40. The van der Waals surface area contributed by atoms with Gasteiger partial charge in [-0.1, -0.05) is 55.1 Å². The highest BCUT2D eigenvalue weighted by molar-refractivity contribution is 5.64. The zero-order valence-electron chi connectivity index (χ0n) is 22.1. The summed E-state index contributed by atoms with van der Waals surface area (Å²) < 4.78 is 31.5. The molecule has 4 aromatic rings. The van der Waals surface area contributed by atoms with E-state index in [9.17, 15) is 8.78 Å². The van der Waals surface area contributed by atoms with Crippen LogP contribution in [0.3, 0.4) is 0 Å². The van der Waals surface area contributed by atoms with E-state index in [1.54, 1.807) is 6.07 Å². The maximum atomic E-state index is 14.8. The lowest BCUT2D eigenvalue weighted by atomic mass is 9.56. The summed E-state index contributed by atoms with van der Waals surface area (Å²) in [5, 5.41) is 4.80. The molecule has 3 aromatic carbocycles. The SMILES string of the molecule is C=C(c1cc(CCc2ccccc2)c(F)cc1F)N1CC2(CC(c3cc(C)nn3-c3ccccc3C)C2)C1. The van der Waals surface area contributed by atoms with Crippen molar-refractivity contribution in [3.63, 3.8) is 0 Å². The summed E-state index contributed by atoms with van der Waals surface area (Å²) in [6.45, 7) is 10.1. The summed E-state index contributed by atoms with van der Waals surface area (Å²) in [5.41, 5.74) is 7.61. The van der Waals surface area contributed by atoms with Crippen molar-refractivity contribution in [2.45, 2.75) is 45.4 Å². The second-order valence-electron chi connectivity index (χ2n) is 11.2. The van der Waals surface area contributed by atoms with Crippen molar-refractivity contribution < 1.29 is 8.78 Å². The number of nitrogens with zero attached hydrogens (tertiary/aromatic N) is 3. The van der Waals surface area contributed by atoms with Gasteiger partial charge in [-0.3, -0.25) is 0 Å². The average Bonchev–Trinajstić information content (AvgIpc) is 3.23. The summed E-state index contributed by atoms with van der Waals surface area (Å²) >= 11 is 0. The molecule has 0 atom stereocenters. The van der Waals surface area contributed by atoms with Crippen LogP contribution in [0.25, 0.3) is 11.4 Å². The van der Waals surface area contributed by atoms with Gasteiger partial charge in [-0.15, -0.1) is 0 Å². The van der Waals surface area contributed by atoms with E-state index in [4.69, 9.17) is 5.10 Å². The lowest BCUT2D eigenvalue weighted by molar-refractivity contribution is -0.0412. The molecule has 0 radical (unpaired) electrons. The summed E-state index contributed by atoms with van der Waals surface area (Å²) in [7, 11) is 0. The number of rotatable bonds is 7. The Bertz CT molecular complexity index is 1490. The monoisotopic (exact) mass is 509 g/mol. The van der Waals surface area contributed by atoms with Gasteiger partial charge in [0.15, 0.2) is 0 Å². The molecule has 0 N–H and O–H groups in total. The van der Waals surface area contributed by atoms with Crippen LogP contribution >= 0.6 is 0 Å². The van der Waals surface area contributed by atoms with Crippen LogP contribution in [0.1, 0.15) is 52.4 Å². The van der Waals surface area contributed by atoms with Crippen LogP contribution in [0, 0.1) is 30.9 Å². The third-order valence-corrected chi connectivity index (χ3v) is 8.39. The average molecular weight is 510 g/mol. The molecule has 1 aliphatic carbocycles. The molecule has 1 aliphatic heterocycles. The van der Waals surface area contributed by atoms with Crippen LogP contribution in [0.2, 0.25) is 0 Å². The first-order valence-corrected chi connectivity index (χ1v) is 13.4. The highest BCUT2D eigenvalue weighted by Gasteiger charge is 2.53. The van der Waals surface area contributed by atoms with Gasteiger partial charge in [0.05, 0.1) is 11.4 Å². The Hall–Kier alpha value is -3.73. The van der Waals surface area contributed by atoms with Crippen LogP contribution in [-0.4, -0.2) is 27.8 Å². The summed E-state index contributed by atoms with van der Waals surface area (Å²) in [4.78, 5) is 2.15. The first-order valence-electron chi connectivity index (χ1n) is 13.4.